The van der Waals surface area contributed by atoms with E-state index in [2.05, 4.69) is 10.6 Å². The Balaban J connectivity index is 1.98. The molecule has 0 heterocycles. The minimum absolute atomic E-state index is 0.0479. The van der Waals surface area contributed by atoms with Crippen LogP contribution >= 0.6 is 23.8 Å². The molecule has 0 saturated carbocycles. The van der Waals surface area contributed by atoms with Gasteiger partial charge in [0.2, 0.25) is 0 Å². The van der Waals surface area contributed by atoms with Crippen LogP contribution in [0.1, 0.15) is 11.1 Å². The summed E-state index contributed by atoms with van der Waals surface area (Å²) in [6.07, 6.45) is 0. The summed E-state index contributed by atoms with van der Waals surface area (Å²) in [4.78, 5) is 10.3. The van der Waals surface area contributed by atoms with Crippen molar-refractivity contribution < 1.29 is 4.92 Å². The number of nitrogens with one attached hydrogen (secondary N) is 2. The second-order valence-electron chi connectivity index (χ2n) is 4.71. The second-order valence-corrected chi connectivity index (χ2v) is 5.53. The first-order valence-electron chi connectivity index (χ1n) is 6.50. The highest BCUT2D eigenvalue weighted by atomic mass is 35.5. The molecule has 0 aromatic heterocycles. The molecule has 2 rings (SSSR count). The molecule has 0 bridgehead atoms. The number of hydrogen-bond donors (Lipinski definition) is 2. The quantitative estimate of drug-likeness (QED) is 0.501. The highest BCUT2D eigenvalue weighted by molar-refractivity contribution is 7.80. The molecule has 0 radical (unpaired) electrons. The molecule has 0 aliphatic carbocycles. The molecule has 0 aliphatic rings. The van der Waals surface area contributed by atoms with Crippen LogP contribution in [0.2, 0.25) is 5.02 Å². The molecule has 2 N–H and O–H groups in total. The first kappa shape index (κ1) is 16.2. The van der Waals surface area contributed by atoms with E-state index < -0.39 is 4.92 Å². The molecule has 0 unspecified atom stereocenters. The van der Waals surface area contributed by atoms with E-state index in [1.807, 2.05) is 31.2 Å². The number of nitro benzene ring substituents is 1. The summed E-state index contributed by atoms with van der Waals surface area (Å²) in [6.45, 7) is 2.58. The number of non-ortho nitro benzene ring substituents is 1. The lowest BCUT2D eigenvalue weighted by atomic mass is 10.1. The summed E-state index contributed by atoms with van der Waals surface area (Å²) < 4.78 is 0. The normalized spacial score (nSPS) is 10.1. The lowest BCUT2D eigenvalue weighted by Gasteiger charge is -2.11. The smallest absolute Gasteiger partial charge is 0.271 e. The van der Waals surface area contributed by atoms with E-state index in [9.17, 15) is 10.1 Å². The first-order valence-corrected chi connectivity index (χ1v) is 7.28. The molecule has 2 aromatic carbocycles. The lowest BCUT2D eigenvalue weighted by Crippen LogP contribution is -2.28. The van der Waals surface area contributed by atoms with E-state index in [0.717, 1.165) is 5.56 Å². The van der Waals surface area contributed by atoms with E-state index >= 15 is 0 Å². The molecule has 114 valence electrons. The van der Waals surface area contributed by atoms with Crippen molar-refractivity contribution in [2.75, 3.05) is 5.32 Å². The van der Waals surface area contributed by atoms with Crippen LogP contribution < -0.4 is 10.6 Å². The van der Waals surface area contributed by atoms with Gasteiger partial charge in [0, 0.05) is 18.7 Å². The molecule has 0 amide bonds. The van der Waals surface area contributed by atoms with Crippen LogP contribution in [0, 0.1) is 17.0 Å². The molecule has 5 nitrogen and oxygen atoms in total. The van der Waals surface area contributed by atoms with Gasteiger partial charge in [-0.2, -0.15) is 0 Å². The van der Waals surface area contributed by atoms with Gasteiger partial charge in [0.1, 0.15) is 0 Å². The first-order chi connectivity index (χ1) is 10.5. The monoisotopic (exact) mass is 335 g/mol. The number of halogens is 1. The number of thiocarbonyl (C=S) groups is 1. The Morgan fingerprint density at radius 3 is 2.59 bits per heavy atom. The van der Waals surface area contributed by atoms with Crippen LogP contribution in [-0.4, -0.2) is 10.0 Å². The molecule has 0 saturated heterocycles. The Bertz CT molecular complexity index is 704. The van der Waals surface area contributed by atoms with Gasteiger partial charge < -0.3 is 10.6 Å². The van der Waals surface area contributed by atoms with Crippen molar-refractivity contribution in [2.24, 2.45) is 0 Å². The third-order valence-electron chi connectivity index (χ3n) is 2.98. The number of aryl methyl sites for hydroxylation is 1. The van der Waals surface area contributed by atoms with Gasteiger partial charge in [-0.1, -0.05) is 41.4 Å². The molecule has 7 heteroatoms. The van der Waals surface area contributed by atoms with Gasteiger partial charge in [-0.15, -0.1) is 0 Å². The fourth-order valence-electron chi connectivity index (χ4n) is 1.78. The van der Waals surface area contributed by atoms with Crippen molar-refractivity contribution in [1.29, 1.82) is 0 Å². The van der Waals surface area contributed by atoms with Crippen molar-refractivity contribution >= 4 is 40.3 Å². The van der Waals surface area contributed by atoms with Crippen LogP contribution in [0.3, 0.4) is 0 Å². The summed E-state index contributed by atoms with van der Waals surface area (Å²) in [7, 11) is 0. The van der Waals surface area contributed by atoms with Crippen LogP contribution in [0.4, 0.5) is 11.4 Å². The van der Waals surface area contributed by atoms with Crippen LogP contribution in [0.5, 0.6) is 0 Å². The van der Waals surface area contributed by atoms with Gasteiger partial charge in [0.15, 0.2) is 5.11 Å². The fourth-order valence-corrected chi connectivity index (χ4v) is 2.12. The van der Waals surface area contributed by atoms with Crippen molar-refractivity contribution in [3.8, 4) is 0 Å². The van der Waals surface area contributed by atoms with Gasteiger partial charge in [0.05, 0.1) is 15.6 Å². The number of nitro groups is 1. The largest absolute Gasteiger partial charge is 0.358 e. The predicted octanol–water partition coefficient (Wildman–Crippen LogP) is 4.04. The van der Waals surface area contributed by atoms with E-state index in [4.69, 9.17) is 23.8 Å². The van der Waals surface area contributed by atoms with Crippen LogP contribution in [0.25, 0.3) is 0 Å². The number of anilines is 1. The van der Waals surface area contributed by atoms with Gasteiger partial charge in [0.25, 0.3) is 5.69 Å². The molecular formula is C15H14ClN3O2S. The number of nitrogens with zero attached hydrogens (tertiary/aromatic N) is 1. The topological polar surface area (TPSA) is 67.2 Å². The maximum atomic E-state index is 10.8. The zero-order valence-corrected chi connectivity index (χ0v) is 13.4. The zero-order valence-electron chi connectivity index (χ0n) is 11.8. The minimum Gasteiger partial charge on any atom is -0.358 e. The van der Waals surface area contributed by atoms with Crippen molar-refractivity contribution in [2.45, 2.75) is 13.5 Å². The molecular weight excluding hydrogens is 322 g/mol. The summed E-state index contributed by atoms with van der Waals surface area (Å²) in [5, 5.41) is 17.4. The number of benzene rings is 2. The Hall–Kier alpha value is -2.18. The van der Waals surface area contributed by atoms with E-state index in [-0.39, 0.29) is 5.69 Å². The van der Waals surface area contributed by atoms with Crippen LogP contribution in [-0.2, 0) is 6.54 Å². The zero-order chi connectivity index (χ0) is 16.1. The summed E-state index contributed by atoms with van der Waals surface area (Å²) >= 11 is 11.2. The molecule has 2 aromatic rings. The SMILES string of the molecule is Cc1ccc(CNC(=S)Nc2cc([N+](=O)[O-])ccc2Cl)cc1. The number of rotatable bonds is 4. The molecule has 22 heavy (non-hydrogen) atoms. The van der Waals surface area contributed by atoms with Crippen molar-refractivity contribution in [1.82, 2.24) is 5.32 Å². The van der Waals surface area contributed by atoms with Gasteiger partial charge in [-0.05, 0) is 30.8 Å². The fraction of sp³-hybridized carbons (Fsp3) is 0.133. The molecule has 0 atom stereocenters. The van der Waals surface area contributed by atoms with Crippen LogP contribution in [0.15, 0.2) is 42.5 Å². The second kappa shape index (κ2) is 7.20. The van der Waals surface area contributed by atoms with E-state index in [1.165, 1.54) is 23.8 Å². The predicted molar refractivity (Wildman–Crippen MR) is 92.3 cm³/mol. The average Bonchev–Trinajstić information content (AvgIpc) is 2.48. The highest BCUT2D eigenvalue weighted by Crippen LogP contribution is 2.26. The summed E-state index contributed by atoms with van der Waals surface area (Å²) in [6, 6.07) is 12.2. The van der Waals surface area contributed by atoms with Gasteiger partial charge >= 0.3 is 0 Å². The third kappa shape index (κ3) is 4.41. The Morgan fingerprint density at radius 1 is 1.27 bits per heavy atom. The maximum absolute atomic E-state index is 10.8. The number of hydrogen-bond acceptors (Lipinski definition) is 3. The Labute approximate surface area is 138 Å². The lowest BCUT2D eigenvalue weighted by molar-refractivity contribution is -0.384. The third-order valence-corrected chi connectivity index (χ3v) is 3.56. The minimum atomic E-state index is -0.482. The summed E-state index contributed by atoms with van der Waals surface area (Å²) in [5.41, 5.74) is 2.62. The van der Waals surface area contributed by atoms with Crippen molar-refractivity contribution in [3.05, 3.63) is 68.7 Å². The molecule has 0 fully saturated rings. The Kier molecular flexibility index (Phi) is 5.30. The average molecular weight is 336 g/mol. The Morgan fingerprint density at radius 2 is 1.95 bits per heavy atom. The summed E-state index contributed by atoms with van der Waals surface area (Å²) in [5.74, 6) is 0. The standard InChI is InChI=1S/C15H14ClN3O2S/c1-10-2-4-11(5-3-10)9-17-15(22)18-14-8-12(19(20)21)6-7-13(14)16/h2-8H,9H2,1H3,(H2,17,18,22). The highest BCUT2D eigenvalue weighted by Gasteiger charge is 2.10. The van der Waals surface area contributed by atoms with Gasteiger partial charge in [-0.25, -0.2) is 0 Å². The van der Waals surface area contributed by atoms with E-state index in [1.54, 1.807) is 0 Å². The van der Waals surface area contributed by atoms with E-state index in [0.29, 0.717) is 22.4 Å². The molecule has 0 aliphatic heterocycles. The maximum Gasteiger partial charge on any atom is 0.271 e. The molecule has 0 spiro atoms. The van der Waals surface area contributed by atoms with Crippen molar-refractivity contribution in [3.63, 3.8) is 0 Å². The van der Waals surface area contributed by atoms with Gasteiger partial charge in [-0.3, -0.25) is 10.1 Å².